The first-order chi connectivity index (χ1) is 12.4. The maximum Gasteiger partial charge on any atom is 0.319 e. The van der Waals surface area contributed by atoms with Crippen molar-refractivity contribution >= 4 is 27.6 Å². The molecule has 0 saturated heterocycles. The summed E-state index contributed by atoms with van der Waals surface area (Å²) in [5.41, 5.74) is 3.54. The van der Waals surface area contributed by atoms with Crippen LogP contribution in [0.3, 0.4) is 0 Å². The molecule has 0 fully saturated rings. The Balaban J connectivity index is 2.13. The summed E-state index contributed by atoms with van der Waals surface area (Å²) in [7, 11) is 4.66. The van der Waals surface area contributed by atoms with Crippen molar-refractivity contribution in [2.24, 2.45) is 0 Å². The highest BCUT2D eigenvalue weighted by Crippen LogP contribution is 2.39. The maximum absolute atomic E-state index is 12.3. The molecule has 2 N–H and O–H groups in total. The van der Waals surface area contributed by atoms with Crippen LogP contribution in [0.5, 0.6) is 17.2 Å². The van der Waals surface area contributed by atoms with Gasteiger partial charge in [0.1, 0.15) is 0 Å². The van der Waals surface area contributed by atoms with Crippen LogP contribution in [0.1, 0.15) is 16.7 Å². The van der Waals surface area contributed by atoms with E-state index in [-0.39, 0.29) is 12.6 Å². The van der Waals surface area contributed by atoms with Crippen molar-refractivity contribution in [3.05, 3.63) is 45.4 Å². The minimum atomic E-state index is -0.296. The Morgan fingerprint density at radius 2 is 1.62 bits per heavy atom. The number of aryl methyl sites for hydroxylation is 2. The molecule has 0 aliphatic rings. The molecule has 7 heteroatoms. The molecule has 6 nitrogen and oxygen atoms in total. The van der Waals surface area contributed by atoms with Gasteiger partial charge in [-0.25, -0.2) is 4.79 Å². The van der Waals surface area contributed by atoms with Gasteiger partial charge in [0.25, 0.3) is 0 Å². The fourth-order valence-corrected chi connectivity index (χ4v) is 3.43. The van der Waals surface area contributed by atoms with E-state index in [1.807, 2.05) is 32.0 Å². The first-order valence-corrected chi connectivity index (χ1v) is 8.80. The van der Waals surface area contributed by atoms with Crippen LogP contribution in [0.4, 0.5) is 10.5 Å². The molecular formula is C19H23BrN2O4. The van der Waals surface area contributed by atoms with Crippen LogP contribution in [-0.2, 0) is 6.54 Å². The van der Waals surface area contributed by atoms with E-state index in [1.165, 1.54) is 0 Å². The number of methoxy groups -OCH3 is 3. The number of hydrogen-bond donors (Lipinski definition) is 2. The van der Waals surface area contributed by atoms with Gasteiger partial charge < -0.3 is 24.8 Å². The van der Waals surface area contributed by atoms with Gasteiger partial charge in [-0.1, -0.05) is 15.9 Å². The summed E-state index contributed by atoms with van der Waals surface area (Å²) in [5.74, 6) is 1.59. The zero-order valence-corrected chi connectivity index (χ0v) is 17.1. The van der Waals surface area contributed by atoms with E-state index < -0.39 is 0 Å². The molecule has 0 saturated carbocycles. The molecule has 2 aromatic carbocycles. The van der Waals surface area contributed by atoms with Gasteiger partial charge in [-0.15, -0.1) is 0 Å². The largest absolute Gasteiger partial charge is 0.493 e. The SMILES string of the molecule is COc1ccc(CNC(=O)Nc2c(C)cc(Br)cc2C)c(OC)c1OC. The number of nitrogens with one attached hydrogen (secondary N) is 2. The highest BCUT2D eigenvalue weighted by Gasteiger charge is 2.16. The third-order valence-corrected chi connectivity index (χ3v) is 4.42. The summed E-state index contributed by atoms with van der Waals surface area (Å²) < 4.78 is 17.0. The number of carbonyl (C=O) groups excluding carboxylic acids is 1. The van der Waals surface area contributed by atoms with Gasteiger partial charge in [0.2, 0.25) is 5.75 Å². The molecule has 2 rings (SSSR count). The van der Waals surface area contributed by atoms with Gasteiger partial charge in [-0.3, -0.25) is 0 Å². The van der Waals surface area contributed by atoms with Crippen LogP contribution in [0, 0.1) is 13.8 Å². The first kappa shape index (κ1) is 19.9. The van der Waals surface area contributed by atoms with Crippen molar-refractivity contribution in [2.45, 2.75) is 20.4 Å². The van der Waals surface area contributed by atoms with Gasteiger partial charge in [0, 0.05) is 22.3 Å². The van der Waals surface area contributed by atoms with E-state index >= 15 is 0 Å². The van der Waals surface area contributed by atoms with Gasteiger partial charge in [0.05, 0.1) is 21.3 Å². The van der Waals surface area contributed by atoms with E-state index in [0.717, 1.165) is 26.9 Å². The maximum atomic E-state index is 12.3. The predicted octanol–water partition coefficient (Wildman–Crippen LogP) is 4.41. The number of halogens is 1. The van der Waals surface area contributed by atoms with E-state index in [1.54, 1.807) is 27.4 Å². The second kappa shape index (κ2) is 8.80. The van der Waals surface area contributed by atoms with Gasteiger partial charge >= 0.3 is 6.03 Å². The van der Waals surface area contributed by atoms with Crippen molar-refractivity contribution in [2.75, 3.05) is 26.6 Å². The Kier molecular flexibility index (Phi) is 6.74. The lowest BCUT2D eigenvalue weighted by atomic mass is 10.1. The molecule has 0 aromatic heterocycles. The van der Waals surface area contributed by atoms with Gasteiger partial charge in [0.15, 0.2) is 11.5 Å². The van der Waals surface area contributed by atoms with Crippen molar-refractivity contribution in [1.29, 1.82) is 0 Å². The number of anilines is 1. The highest BCUT2D eigenvalue weighted by molar-refractivity contribution is 9.10. The minimum absolute atomic E-state index is 0.282. The minimum Gasteiger partial charge on any atom is -0.493 e. The lowest BCUT2D eigenvalue weighted by Crippen LogP contribution is -2.29. The van der Waals surface area contributed by atoms with E-state index in [2.05, 4.69) is 26.6 Å². The van der Waals surface area contributed by atoms with E-state index in [4.69, 9.17) is 14.2 Å². The number of carbonyl (C=O) groups is 1. The third kappa shape index (κ3) is 4.40. The van der Waals surface area contributed by atoms with Gasteiger partial charge in [-0.2, -0.15) is 0 Å². The number of urea groups is 1. The normalized spacial score (nSPS) is 10.2. The lowest BCUT2D eigenvalue weighted by Gasteiger charge is -2.17. The Morgan fingerprint density at radius 1 is 1.00 bits per heavy atom. The topological polar surface area (TPSA) is 68.8 Å². The van der Waals surface area contributed by atoms with Crippen LogP contribution < -0.4 is 24.8 Å². The summed E-state index contributed by atoms with van der Waals surface area (Å²) in [5, 5.41) is 5.74. The molecule has 26 heavy (non-hydrogen) atoms. The number of rotatable bonds is 6. The smallest absolute Gasteiger partial charge is 0.319 e. The number of benzene rings is 2. The standard InChI is InChI=1S/C19H23BrN2O4/c1-11-8-14(20)9-12(2)16(11)22-19(23)21-10-13-6-7-15(24-3)18(26-5)17(13)25-4/h6-9H,10H2,1-5H3,(H2,21,22,23). The molecule has 2 amide bonds. The average molecular weight is 423 g/mol. The number of amides is 2. The van der Waals surface area contributed by atoms with Crippen molar-refractivity contribution < 1.29 is 19.0 Å². The molecule has 0 bridgehead atoms. The summed E-state index contributed by atoms with van der Waals surface area (Å²) in [6.07, 6.45) is 0. The van der Waals surface area contributed by atoms with Crippen molar-refractivity contribution in [3.8, 4) is 17.2 Å². The van der Waals surface area contributed by atoms with E-state index in [0.29, 0.717) is 17.2 Å². The molecule has 0 aliphatic carbocycles. The quantitative estimate of drug-likeness (QED) is 0.722. The zero-order chi connectivity index (χ0) is 19.3. The van der Waals surface area contributed by atoms with Gasteiger partial charge in [-0.05, 0) is 49.2 Å². The van der Waals surface area contributed by atoms with Crippen molar-refractivity contribution in [3.63, 3.8) is 0 Å². The van der Waals surface area contributed by atoms with Crippen LogP contribution in [0.25, 0.3) is 0 Å². The van der Waals surface area contributed by atoms with Crippen LogP contribution in [0.15, 0.2) is 28.7 Å². The first-order valence-electron chi connectivity index (χ1n) is 8.00. The monoisotopic (exact) mass is 422 g/mol. The Hall–Kier alpha value is -2.41. The van der Waals surface area contributed by atoms with Crippen LogP contribution >= 0.6 is 15.9 Å². The fourth-order valence-electron chi connectivity index (χ4n) is 2.74. The summed E-state index contributed by atoms with van der Waals surface area (Å²) >= 11 is 3.45. The zero-order valence-electron chi connectivity index (χ0n) is 15.5. The van der Waals surface area contributed by atoms with Crippen molar-refractivity contribution in [1.82, 2.24) is 5.32 Å². The summed E-state index contributed by atoms with van der Waals surface area (Å²) in [4.78, 5) is 12.3. The fraction of sp³-hybridized carbons (Fsp3) is 0.316. The molecule has 0 unspecified atom stereocenters. The second-order valence-electron chi connectivity index (χ2n) is 5.72. The molecule has 140 valence electrons. The van der Waals surface area contributed by atoms with E-state index in [9.17, 15) is 4.79 Å². The molecule has 0 heterocycles. The number of ether oxygens (including phenoxy) is 3. The Bertz CT molecular complexity index is 785. The molecule has 0 radical (unpaired) electrons. The van der Waals surface area contributed by atoms with Crippen LogP contribution in [0.2, 0.25) is 0 Å². The average Bonchev–Trinajstić information content (AvgIpc) is 2.61. The third-order valence-electron chi connectivity index (χ3n) is 3.96. The Labute approximate surface area is 162 Å². The predicted molar refractivity (Wildman–Crippen MR) is 106 cm³/mol. The van der Waals surface area contributed by atoms with Crippen LogP contribution in [-0.4, -0.2) is 27.4 Å². The Morgan fingerprint density at radius 3 is 2.15 bits per heavy atom. The lowest BCUT2D eigenvalue weighted by molar-refractivity contribution is 0.251. The number of hydrogen-bond acceptors (Lipinski definition) is 4. The highest BCUT2D eigenvalue weighted by atomic mass is 79.9. The summed E-state index contributed by atoms with van der Waals surface area (Å²) in [6.45, 7) is 4.18. The molecule has 2 aromatic rings. The second-order valence-corrected chi connectivity index (χ2v) is 6.63. The summed E-state index contributed by atoms with van der Waals surface area (Å²) in [6, 6.07) is 7.23. The molecule has 0 spiro atoms. The molecule has 0 atom stereocenters. The molecule has 0 aliphatic heterocycles. The molecular weight excluding hydrogens is 400 g/mol.